The van der Waals surface area contributed by atoms with Crippen molar-refractivity contribution in [1.29, 1.82) is 0 Å². The van der Waals surface area contributed by atoms with Gasteiger partial charge in [-0.15, -0.1) is 0 Å². The first-order valence-electron chi connectivity index (χ1n) is 5.49. The smallest absolute Gasteiger partial charge is 0.494 e. The number of nitrogens with zero attached hydrogens (tertiary/aromatic N) is 1. The van der Waals surface area contributed by atoms with Gasteiger partial charge >= 0.3 is 19.1 Å². The highest BCUT2D eigenvalue weighted by Crippen LogP contribution is 2.06. The minimum Gasteiger partial charge on any atom is -0.494 e. The molecule has 0 atom stereocenters. The Hall–Kier alpha value is -1.96. The topological polar surface area (TPSA) is 55.8 Å². The molecule has 1 heterocycles. The number of hydrogen-bond donors (Lipinski definition) is 0. The summed E-state index contributed by atoms with van der Waals surface area (Å²) in [5.41, 5.74) is -0.589. The van der Waals surface area contributed by atoms with E-state index in [1.807, 2.05) is 0 Å². The molecule has 1 saturated heterocycles. The third-order valence-corrected chi connectivity index (χ3v) is 2.51. The predicted octanol–water partition coefficient (Wildman–Crippen LogP) is -0.308. The van der Waals surface area contributed by atoms with Gasteiger partial charge in [0.1, 0.15) is 11.6 Å². The van der Waals surface area contributed by atoms with Gasteiger partial charge < -0.3 is 9.31 Å². The number of halogens is 2. The lowest BCUT2D eigenvalue weighted by Crippen LogP contribution is -2.49. The van der Waals surface area contributed by atoms with Crippen molar-refractivity contribution >= 4 is 24.5 Å². The highest BCUT2D eigenvalue weighted by Gasteiger charge is 2.38. The van der Waals surface area contributed by atoms with Gasteiger partial charge in [-0.05, 0) is 19.2 Å². The summed E-state index contributed by atoms with van der Waals surface area (Å²) >= 11 is 0. The van der Waals surface area contributed by atoms with E-state index in [1.54, 1.807) is 0 Å². The van der Waals surface area contributed by atoms with Gasteiger partial charge in [-0.2, -0.15) is 0 Å². The van der Waals surface area contributed by atoms with Gasteiger partial charge in [0.2, 0.25) is 0 Å². The molecular formula is C11H10BF2NO4. The fourth-order valence-electron chi connectivity index (χ4n) is 1.69. The average molecular weight is 269 g/mol. The van der Waals surface area contributed by atoms with Crippen molar-refractivity contribution in [2.24, 2.45) is 0 Å². The van der Waals surface area contributed by atoms with E-state index in [2.05, 4.69) is 0 Å². The molecule has 0 amide bonds. The molecule has 0 saturated carbocycles. The summed E-state index contributed by atoms with van der Waals surface area (Å²) in [5, 5.41) is 0. The Balaban J connectivity index is 2.32. The molecule has 8 heteroatoms. The maximum Gasteiger partial charge on any atom is 0.642 e. The Morgan fingerprint density at radius 1 is 1.11 bits per heavy atom. The zero-order valence-electron chi connectivity index (χ0n) is 10.1. The summed E-state index contributed by atoms with van der Waals surface area (Å²) in [5.74, 6) is -3.36. The van der Waals surface area contributed by atoms with Gasteiger partial charge in [-0.25, -0.2) is 8.78 Å². The van der Waals surface area contributed by atoms with Crippen LogP contribution in [0.4, 0.5) is 8.78 Å². The van der Waals surface area contributed by atoms with Crippen LogP contribution in [0.2, 0.25) is 0 Å². The van der Waals surface area contributed by atoms with E-state index in [0.717, 1.165) is 18.2 Å². The molecule has 5 nitrogen and oxygen atoms in total. The van der Waals surface area contributed by atoms with Crippen molar-refractivity contribution < 1.29 is 27.7 Å². The van der Waals surface area contributed by atoms with Crippen molar-refractivity contribution in [1.82, 2.24) is 4.90 Å². The molecule has 100 valence electrons. The summed E-state index contributed by atoms with van der Waals surface area (Å²) in [6.45, 7) is -0.330. The van der Waals surface area contributed by atoms with Gasteiger partial charge in [-0.3, -0.25) is 14.5 Å². The SMILES string of the molecule is CN1CC(=O)OB(c2c(F)cccc2F)OC(=O)C1. The fraction of sp³-hybridized carbons (Fsp3) is 0.273. The van der Waals surface area contributed by atoms with Crippen molar-refractivity contribution in [3.8, 4) is 0 Å². The fourth-order valence-corrected chi connectivity index (χ4v) is 1.69. The maximum atomic E-state index is 13.6. The first-order valence-corrected chi connectivity index (χ1v) is 5.49. The van der Waals surface area contributed by atoms with Crippen LogP contribution in [0.25, 0.3) is 0 Å². The second kappa shape index (κ2) is 5.35. The molecule has 19 heavy (non-hydrogen) atoms. The van der Waals surface area contributed by atoms with E-state index in [0.29, 0.717) is 0 Å². The van der Waals surface area contributed by atoms with Gasteiger partial charge in [0, 0.05) is 0 Å². The molecule has 0 aromatic heterocycles. The minimum atomic E-state index is -1.70. The van der Waals surface area contributed by atoms with E-state index in [4.69, 9.17) is 9.31 Å². The van der Waals surface area contributed by atoms with Crippen LogP contribution < -0.4 is 5.46 Å². The van der Waals surface area contributed by atoms with Gasteiger partial charge in [0.15, 0.2) is 0 Å². The summed E-state index contributed by atoms with van der Waals surface area (Å²) in [6, 6.07) is 3.14. The lowest BCUT2D eigenvalue weighted by atomic mass is 9.77. The molecule has 0 aliphatic carbocycles. The second-order valence-electron chi connectivity index (χ2n) is 4.12. The Labute approximate surface area is 108 Å². The molecule has 1 aliphatic rings. The van der Waals surface area contributed by atoms with Crippen LogP contribution in [0.15, 0.2) is 18.2 Å². The van der Waals surface area contributed by atoms with Crippen LogP contribution in [-0.2, 0) is 18.9 Å². The molecule has 0 unspecified atom stereocenters. The molecule has 0 radical (unpaired) electrons. The van der Waals surface area contributed by atoms with Gasteiger partial charge in [0.25, 0.3) is 0 Å². The molecule has 1 fully saturated rings. The largest absolute Gasteiger partial charge is 0.642 e. The highest BCUT2D eigenvalue weighted by molar-refractivity contribution is 6.64. The number of rotatable bonds is 1. The lowest BCUT2D eigenvalue weighted by molar-refractivity contribution is -0.145. The standard InChI is InChI=1S/C11H10BF2NO4/c1-15-5-9(16)18-12(19-10(17)6-15)11-7(13)3-2-4-8(11)14/h2-4H,5-6H2,1H3. The molecule has 0 spiro atoms. The quantitative estimate of drug-likeness (QED) is 0.655. The summed E-state index contributed by atoms with van der Waals surface area (Å²) < 4.78 is 36.7. The summed E-state index contributed by atoms with van der Waals surface area (Å²) in [4.78, 5) is 24.3. The van der Waals surface area contributed by atoms with Crippen molar-refractivity contribution in [2.45, 2.75) is 0 Å². The van der Waals surface area contributed by atoms with Crippen molar-refractivity contribution in [3.05, 3.63) is 29.8 Å². The highest BCUT2D eigenvalue weighted by atomic mass is 19.1. The Kier molecular flexibility index (Phi) is 3.80. The summed E-state index contributed by atoms with van der Waals surface area (Å²) in [7, 11) is -0.179. The monoisotopic (exact) mass is 269 g/mol. The van der Waals surface area contributed by atoms with Crippen molar-refractivity contribution in [3.63, 3.8) is 0 Å². The summed E-state index contributed by atoms with van der Waals surface area (Å²) in [6.07, 6.45) is 0. The first-order chi connectivity index (χ1) is 8.97. The average Bonchev–Trinajstić information content (AvgIpc) is 2.25. The molecule has 1 aromatic carbocycles. The minimum absolute atomic E-state index is 0.165. The second-order valence-corrected chi connectivity index (χ2v) is 4.12. The van der Waals surface area contributed by atoms with Crippen LogP contribution in [0, 0.1) is 11.6 Å². The van der Waals surface area contributed by atoms with Gasteiger partial charge in [-0.1, -0.05) is 6.07 Å². The van der Waals surface area contributed by atoms with E-state index in [9.17, 15) is 18.4 Å². The molecule has 1 aliphatic heterocycles. The first kappa shape index (κ1) is 13.5. The molecule has 0 N–H and O–H groups in total. The van der Waals surface area contributed by atoms with E-state index in [1.165, 1.54) is 11.9 Å². The number of carbonyl (C=O) groups excluding carboxylic acids is 2. The maximum absolute atomic E-state index is 13.6. The molecule has 0 bridgehead atoms. The zero-order chi connectivity index (χ0) is 14.0. The normalized spacial score (nSPS) is 17.5. The number of carbonyl (C=O) groups is 2. The van der Waals surface area contributed by atoms with Crippen LogP contribution in [0.5, 0.6) is 0 Å². The molecule has 1 aromatic rings. The van der Waals surface area contributed by atoms with Crippen LogP contribution >= 0.6 is 0 Å². The lowest BCUT2D eigenvalue weighted by Gasteiger charge is -2.22. The molecular weight excluding hydrogens is 259 g/mol. The number of hydrogen-bond acceptors (Lipinski definition) is 5. The van der Waals surface area contributed by atoms with E-state index >= 15 is 0 Å². The van der Waals surface area contributed by atoms with Crippen LogP contribution in [-0.4, -0.2) is 44.1 Å². The third kappa shape index (κ3) is 3.08. The Morgan fingerprint density at radius 2 is 1.58 bits per heavy atom. The van der Waals surface area contributed by atoms with Gasteiger partial charge in [0.05, 0.1) is 18.6 Å². The van der Waals surface area contributed by atoms with Crippen molar-refractivity contribution in [2.75, 3.05) is 20.1 Å². The van der Waals surface area contributed by atoms with E-state index < -0.39 is 36.2 Å². The number of likely N-dealkylation sites (N-methyl/N-ethyl adjacent to an activating group) is 1. The Morgan fingerprint density at radius 3 is 2.05 bits per heavy atom. The number of benzene rings is 1. The third-order valence-electron chi connectivity index (χ3n) is 2.51. The zero-order valence-corrected chi connectivity index (χ0v) is 10.1. The molecule has 2 rings (SSSR count). The Bertz CT molecular complexity index is 485. The predicted molar refractivity (Wildman–Crippen MR) is 61.4 cm³/mol. The van der Waals surface area contributed by atoms with Crippen LogP contribution in [0.1, 0.15) is 0 Å². The van der Waals surface area contributed by atoms with E-state index in [-0.39, 0.29) is 13.1 Å². The van der Waals surface area contributed by atoms with Crippen LogP contribution in [0.3, 0.4) is 0 Å².